The fourth-order valence-corrected chi connectivity index (χ4v) is 5.93. The standard InChI is InChI=1S/C14H16ClN3O2S.C13H18FNOS/c1-14(4-2-3-5-20-14)13(19)18-21-10-6-9(8-16)12(17)11(15)7-10;14-11-3-5-13(6-4-11)17-8-2-1-7-15-9-12(16)10-15/h6-7H,2-5,17H2,1H3,(H,18,19);3-6,12,16H,1-2,7-10H2. The summed E-state index contributed by atoms with van der Waals surface area (Å²) >= 11 is 8.84. The van der Waals surface area contributed by atoms with Crippen molar-refractivity contribution < 1.29 is 19.0 Å². The highest BCUT2D eigenvalue weighted by atomic mass is 35.5. The number of carbonyl (C=O) groups excluding carboxylic acids is 1. The largest absolute Gasteiger partial charge is 0.396 e. The van der Waals surface area contributed by atoms with E-state index in [1.165, 1.54) is 18.6 Å². The molecule has 0 spiro atoms. The first-order valence-electron chi connectivity index (χ1n) is 12.6. The molecule has 0 aromatic heterocycles. The van der Waals surface area contributed by atoms with Crippen LogP contribution in [-0.4, -0.2) is 59.6 Å². The van der Waals surface area contributed by atoms with Crippen molar-refractivity contribution in [3.8, 4) is 6.07 Å². The van der Waals surface area contributed by atoms with Crippen molar-refractivity contribution >= 4 is 46.9 Å². The van der Waals surface area contributed by atoms with Crippen LogP contribution in [0.2, 0.25) is 5.02 Å². The molecule has 0 aliphatic carbocycles. The number of aliphatic hydroxyl groups is 1. The van der Waals surface area contributed by atoms with Gasteiger partial charge in [0.15, 0.2) is 0 Å². The molecule has 0 bridgehead atoms. The molecule has 1 atom stereocenters. The van der Waals surface area contributed by atoms with E-state index in [1.54, 1.807) is 30.8 Å². The van der Waals surface area contributed by atoms with Gasteiger partial charge < -0.3 is 15.6 Å². The van der Waals surface area contributed by atoms with E-state index in [2.05, 4.69) is 9.62 Å². The number of anilines is 1. The minimum absolute atomic E-state index is 0.0939. The number of β-amino-alcohol motifs (C(OH)–C–C–N with tert-alkyl or cyclic N) is 1. The monoisotopic (exact) mass is 580 g/mol. The first kappa shape index (κ1) is 30.5. The van der Waals surface area contributed by atoms with E-state index in [9.17, 15) is 9.18 Å². The molecule has 2 saturated heterocycles. The van der Waals surface area contributed by atoms with Crippen molar-refractivity contribution in [2.75, 3.05) is 37.7 Å². The van der Waals surface area contributed by atoms with Gasteiger partial charge in [0.1, 0.15) is 17.5 Å². The molecule has 11 heteroatoms. The van der Waals surface area contributed by atoms with Crippen LogP contribution >= 0.6 is 35.3 Å². The maximum Gasteiger partial charge on any atom is 0.262 e. The molecule has 2 aliphatic rings. The summed E-state index contributed by atoms with van der Waals surface area (Å²) in [6.45, 7) is 5.15. The van der Waals surface area contributed by atoms with Gasteiger partial charge in [-0.05, 0) is 99.7 Å². The molecule has 206 valence electrons. The van der Waals surface area contributed by atoms with Crippen LogP contribution in [0, 0.1) is 17.1 Å². The number of hydrogen-bond acceptors (Lipinski definition) is 8. The Kier molecular flexibility index (Phi) is 12.0. The molecule has 0 saturated carbocycles. The fraction of sp³-hybridized carbons (Fsp3) is 0.481. The van der Waals surface area contributed by atoms with Gasteiger partial charge in [0.25, 0.3) is 5.91 Å². The topological polar surface area (TPSA) is 112 Å². The summed E-state index contributed by atoms with van der Waals surface area (Å²) in [5, 5.41) is 18.4. The maximum absolute atomic E-state index is 12.7. The van der Waals surface area contributed by atoms with Gasteiger partial charge in [0.05, 0.1) is 22.4 Å². The third kappa shape index (κ3) is 9.33. The zero-order chi connectivity index (χ0) is 27.5. The van der Waals surface area contributed by atoms with Crippen molar-refractivity contribution in [1.29, 1.82) is 5.26 Å². The predicted molar refractivity (Wildman–Crippen MR) is 152 cm³/mol. The minimum Gasteiger partial charge on any atom is -0.396 e. The number of carbonyl (C=O) groups is 1. The molecular formula is C27H34ClFN4O3S2. The summed E-state index contributed by atoms with van der Waals surface area (Å²) in [6.07, 6.45) is 4.89. The van der Waals surface area contributed by atoms with Crippen molar-refractivity contribution in [2.24, 2.45) is 0 Å². The summed E-state index contributed by atoms with van der Waals surface area (Å²) in [4.78, 5) is 16.3. The van der Waals surface area contributed by atoms with Crippen LogP contribution < -0.4 is 10.5 Å². The Morgan fingerprint density at radius 2 is 2.03 bits per heavy atom. The number of nitrogen functional groups attached to an aromatic ring is 1. The van der Waals surface area contributed by atoms with E-state index < -0.39 is 5.60 Å². The zero-order valence-electron chi connectivity index (χ0n) is 21.4. The second-order valence-corrected chi connectivity index (χ2v) is 11.9. The number of rotatable bonds is 9. The molecule has 1 amide bonds. The molecule has 2 aromatic carbocycles. The lowest BCUT2D eigenvalue weighted by atomic mass is 9.95. The number of nitrogens with one attached hydrogen (secondary N) is 1. The summed E-state index contributed by atoms with van der Waals surface area (Å²) in [5.74, 6) is 0.714. The van der Waals surface area contributed by atoms with Crippen LogP contribution in [-0.2, 0) is 9.53 Å². The molecular weight excluding hydrogens is 547 g/mol. The fourth-order valence-electron chi connectivity index (χ4n) is 3.95. The lowest BCUT2D eigenvalue weighted by Crippen LogP contribution is -2.50. The average molecular weight is 581 g/mol. The number of nitrogens with two attached hydrogens (primary N) is 1. The van der Waals surface area contributed by atoms with Gasteiger partial charge in [-0.25, -0.2) is 4.39 Å². The third-order valence-corrected chi connectivity index (χ3v) is 8.49. The van der Waals surface area contributed by atoms with Gasteiger partial charge >= 0.3 is 0 Å². The number of amides is 1. The Balaban J connectivity index is 0.000000215. The van der Waals surface area contributed by atoms with Gasteiger partial charge in [-0.2, -0.15) is 5.26 Å². The number of hydrogen-bond donors (Lipinski definition) is 3. The average Bonchev–Trinajstić information content (AvgIpc) is 2.89. The van der Waals surface area contributed by atoms with Crippen molar-refractivity contribution in [1.82, 2.24) is 9.62 Å². The number of thioether (sulfide) groups is 1. The van der Waals surface area contributed by atoms with Crippen molar-refractivity contribution in [3.63, 3.8) is 0 Å². The molecule has 7 nitrogen and oxygen atoms in total. The van der Waals surface area contributed by atoms with Crippen LogP contribution in [0.4, 0.5) is 10.1 Å². The summed E-state index contributed by atoms with van der Waals surface area (Å²) in [6, 6.07) is 11.8. The number of aliphatic hydroxyl groups excluding tert-OH is 1. The molecule has 2 aliphatic heterocycles. The van der Waals surface area contributed by atoms with Crippen LogP contribution in [0.15, 0.2) is 46.2 Å². The van der Waals surface area contributed by atoms with E-state index in [4.69, 9.17) is 32.4 Å². The van der Waals surface area contributed by atoms with Crippen molar-refractivity contribution in [2.45, 2.75) is 60.5 Å². The molecule has 2 heterocycles. The SMILES string of the molecule is CC1(C(=O)NSc2cc(Cl)c(N)c(C#N)c2)CCCCO1.OC1CN(CCCCSc2ccc(F)cc2)C1. The van der Waals surface area contributed by atoms with E-state index in [0.717, 1.165) is 61.5 Å². The predicted octanol–water partition coefficient (Wildman–Crippen LogP) is 5.25. The zero-order valence-corrected chi connectivity index (χ0v) is 23.8. The van der Waals surface area contributed by atoms with E-state index >= 15 is 0 Å². The first-order valence-corrected chi connectivity index (χ1v) is 14.8. The lowest BCUT2D eigenvalue weighted by molar-refractivity contribution is -0.148. The van der Waals surface area contributed by atoms with E-state index in [-0.39, 0.29) is 23.5 Å². The number of nitrogens with zero attached hydrogens (tertiary/aromatic N) is 2. The number of ether oxygens (including phenoxy) is 1. The lowest BCUT2D eigenvalue weighted by Gasteiger charge is -2.35. The van der Waals surface area contributed by atoms with E-state index in [1.807, 2.05) is 18.2 Å². The highest BCUT2D eigenvalue weighted by Crippen LogP contribution is 2.30. The molecule has 2 fully saturated rings. The quantitative estimate of drug-likeness (QED) is 0.160. The summed E-state index contributed by atoms with van der Waals surface area (Å²) < 4.78 is 21.0. The van der Waals surface area contributed by atoms with Gasteiger partial charge in [0, 0.05) is 29.5 Å². The molecule has 0 radical (unpaired) electrons. The molecule has 2 aromatic rings. The maximum atomic E-state index is 12.7. The highest BCUT2D eigenvalue weighted by molar-refractivity contribution is 7.99. The van der Waals surface area contributed by atoms with Crippen LogP contribution in [0.3, 0.4) is 0 Å². The second kappa shape index (κ2) is 15.0. The number of benzene rings is 2. The Bertz CT molecular complexity index is 1100. The number of likely N-dealkylation sites (tertiary alicyclic amines) is 1. The Morgan fingerprint density at radius 3 is 2.66 bits per heavy atom. The van der Waals surface area contributed by atoms with Crippen LogP contribution in [0.25, 0.3) is 0 Å². The first-order chi connectivity index (χ1) is 18.2. The summed E-state index contributed by atoms with van der Waals surface area (Å²) in [7, 11) is 0. The van der Waals surface area contributed by atoms with Gasteiger partial charge in [0.2, 0.25) is 0 Å². The minimum atomic E-state index is -0.791. The number of nitriles is 1. The van der Waals surface area contributed by atoms with Gasteiger partial charge in [-0.15, -0.1) is 11.8 Å². The van der Waals surface area contributed by atoms with Crippen molar-refractivity contribution in [3.05, 3.63) is 52.8 Å². The van der Waals surface area contributed by atoms with Gasteiger partial charge in [-0.3, -0.25) is 14.4 Å². The second-order valence-electron chi connectivity index (χ2n) is 9.47. The van der Waals surface area contributed by atoms with Gasteiger partial charge in [-0.1, -0.05) is 11.6 Å². The van der Waals surface area contributed by atoms with Crippen LogP contribution in [0.5, 0.6) is 0 Å². The van der Waals surface area contributed by atoms with E-state index in [0.29, 0.717) is 28.5 Å². The smallest absolute Gasteiger partial charge is 0.262 e. The Hall–Kier alpha value is -2.00. The Labute approximate surface area is 237 Å². The molecule has 4 rings (SSSR count). The molecule has 38 heavy (non-hydrogen) atoms. The summed E-state index contributed by atoms with van der Waals surface area (Å²) in [5.41, 5.74) is 5.43. The third-order valence-electron chi connectivity index (χ3n) is 6.32. The van der Waals surface area contributed by atoms with Crippen LogP contribution in [0.1, 0.15) is 44.6 Å². The molecule has 4 N–H and O–H groups in total. The highest BCUT2D eigenvalue weighted by Gasteiger charge is 2.36. The molecule has 1 unspecified atom stereocenters. The normalized spacial score (nSPS) is 19.6. The Morgan fingerprint density at radius 1 is 1.29 bits per heavy atom. The number of unbranched alkanes of at least 4 members (excludes halogenated alkanes) is 1. The number of halogens is 2.